The second-order valence-corrected chi connectivity index (χ2v) is 2.20. The molecule has 1 atom stereocenters. The maximum absolute atomic E-state index is 3.36. The van der Waals surface area contributed by atoms with Gasteiger partial charge >= 0.3 is 0 Å². The van der Waals surface area contributed by atoms with E-state index < -0.39 is 0 Å². The van der Waals surface area contributed by atoms with Crippen LogP contribution in [-0.4, -0.2) is 19.8 Å². The Balaban J connectivity index is 0. The molecule has 0 saturated carbocycles. The highest BCUT2D eigenvalue weighted by Gasteiger charge is 1.97. The summed E-state index contributed by atoms with van der Waals surface area (Å²) in [6.07, 6.45) is 2.86. The SMILES string of the molecule is CC.CCCNC(CC)NC. The van der Waals surface area contributed by atoms with E-state index in [1.807, 2.05) is 20.9 Å². The molecule has 0 amide bonds. The van der Waals surface area contributed by atoms with E-state index in [0.717, 1.165) is 13.0 Å². The summed E-state index contributed by atoms with van der Waals surface area (Å²) < 4.78 is 0. The Hall–Kier alpha value is -0.0800. The van der Waals surface area contributed by atoms with Crippen LogP contribution < -0.4 is 10.6 Å². The Morgan fingerprint density at radius 3 is 2.00 bits per heavy atom. The zero-order chi connectivity index (χ0) is 9.11. The Kier molecular flexibility index (Phi) is 15.4. The van der Waals surface area contributed by atoms with Gasteiger partial charge in [0, 0.05) is 0 Å². The van der Waals surface area contributed by atoms with E-state index in [-0.39, 0.29) is 0 Å². The summed E-state index contributed by atoms with van der Waals surface area (Å²) in [5.74, 6) is 0. The molecule has 0 radical (unpaired) electrons. The molecular weight excluding hydrogens is 136 g/mol. The molecule has 0 aliphatic rings. The van der Waals surface area contributed by atoms with Crippen LogP contribution in [0, 0.1) is 0 Å². The third kappa shape index (κ3) is 9.92. The predicted molar refractivity (Wildman–Crippen MR) is 52.8 cm³/mol. The van der Waals surface area contributed by atoms with Crippen LogP contribution in [0.15, 0.2) is 0 Å². The zero-order valence-corrected chi connectivity index (χ0v) is 8.70. The van der Waals surface area contributed by atoms with Crippen molar-refractivity contribution in [2.75, 3.05) is 13.6 Å². The van der Waals surface area contributed by atoms with E-state index in [2.05, 4.69) is 24.5 Å². The first-order valence-electron chi connectivity index (χ1n) is 4.75. The Bertz CT molecular complexity index is 51.5. The first-order chi connectivity index (χ1) is 5.35. The topological polar surface area (TPSA) is 24.1 Å². The fraction of sp³-hybridized carbons (Fsp3) is 1.00. The summed E-state index contributed by atoms with van der Waals surface area (Å²) in [6, 6.07) is 0. The third-order valence-corrected chi connectivity index (χ3v) is 1.40. The lowest BCUT2D eigenvalue weighted by Crippen LogP contribution is -2.39. The normalized spacial score (nSPS) is 11.7. The van der Waals surface area contributed by atoms with Gasteiger partial charge in [0.25, 0.3) is 0 Å². The number of hydrogen-bond acceptors (Lipinski definition) is 2. The summed E-state index contributed by atoms with van der Waals surface area (Å²) in [4.78, 5) is 0. The minimum absolute atomic E-state index is 0.505. The highest BCUT2D eigenvalue weighted by Crippen LogP contribution is 1.83. The summed E-state index contributed by atoms with van der Waals surface area (Å²) in [5.41, 5.74) is 0. The van der Waals surface area contributed by atoms with Crippen LogP contribution in [0.2, 0.25) is 0 Å². The molecule has 2 nitrogen and oxygen atoms in total. The summed E-state index contributed by atoms with van der Waals surface area (Å²) >= 11 is 0. The molecule has 0 rings (SSSR count). The van der Waals surface area contributed by atoms with Gasteiger partial charge in [-0.2, -0.15) is 0 Å². The standard InChI is InChI=1S/C7H18N2.C2H6/c1-4-6-9-7(5-2)8-3;1-2/h7-9H,4-6H2,1-3H3;1-2H3. The summed E-state index contributed by atoms with van der Waals surface area (Å²) in [6.45, 7) is 9.46. The molecule has 0 saturated heterocycles. The fourth-order valence-corrected chi connectivity index (χ4v) is 0.769. The lowest BCUT2D eigenvalue weighted by molar-refractivity contribution is 0.444. The number of nitrogens with one attached hydrogen (secondary N) is 2. The fourth-order valence-electron chi connectivity index (χ4n) is 0.769. The minimum atomic E-state index is 0.505. The van der Waals surface area contributed by atoms with Crippen LogP contribution in [0.1, 0.15) is 40.5 Å². The molecule has 70 valence electrons. The van der Waals surface area contributed by atoms with Crippen molar-refractivity contribution >= 4 is 0 Å². The first kappa shape index (κ1) is 13.5. The van der Waals surface area contributed by atoms with Crippen LogP contribution in [0.4, 0.5) is 0 Å². The molecule has 1 unspecified atom stereocenters. The van der Waals surface area contributed by atoms with E-state index in [0.29, 0.717) is 6.17 Å². The van der Waals surface area contributed by atoms with Gasteiger partial charge in [0.15, 0.2) is 0 Å². The average Bonchev–Trinajstić information content (AvgIpc) is 2.10. The van der Waals surface area contributed by atoms with Gasteiger partial charge in [0.2, 0.25) is 0 Å². The highest BCUT2D eigenvalue weighted by atomic mass is 15.1. The quantitative estimate of drug-likeness (QED) is 0.601. The minimum Gasteiger partial charge on any atom is -0.305 e. The maximum Gasteiger partial charge on any atom is 0.0566 e. The molecule has 2 heteroatoms. The Morgan fingerprint density at radius 1 is 1.18 bits per heavy atom. The van der Waals surface area contributed by atoms with Crippen LogP contribution >= 0.6 is 0 Å². The van der Waals surface area contributed by atoms with Crippen molar-refractivity contribution in [3.63, 3.8) is 0 Å². The monoisotopic (exact) mass is 160 g/mol. The molecule has 2 N–H and O–H groups in total. The van der Waals surface area contributed by atoms with E-state index in [1.54, 1.807) is 0 Å². The van der Waals surface area contributed by atoms with Gasteiger partial charge in [0.05, 0.1) is 6.17 Å². The molecular formula is C9H24N2. The predicted octanol–water partition coefficient (Wildman–Crippen LogP) is 1.97. The van der Waals surface area contributed by atoms with Gasteiger partial charge in [-0.1, -0.05) is 27.7 Å². The van der Waals surface area contributed by atoms with Gasteiger partial charge < -0.3 is 10.6 Å². The Labute approximate surface area is 71.8 Å². The van der Waals surface area contributed by atoms with E-state index in [1.165, 1.54) is 6.42 Å². The third-order valence-electron chi connectivity index (χ3n) is 1.40. The van der Waals surface area contributed by atoms with E-state index >= 15 is 0 Å². The molecule has 0 heterocycles. The smallest absolute Gasteiger partial charge is 0.0566 e. The van der Waals surface area contributed by atoms with Crippen LogP contribution in [0.5, 0.6) is 0 Å². The van der Waals surface area contributed by atoms with Gasteiger partial charge in [-0.15, -0.1) is 0 Å². The van der Waals surface area contributed by atoms with Crippen molar-refractivity contribution in [3.05, 3.63) is 0 Å². The maximum atomic E-state index is 3.36. The van der Waals surface area contributed by atoms with Gasteiger partial charge in [-0.25, -0.2) is 0 Å². The lowest BCUT2D eigenvalue weighted by atomic mass is 10.3. The lowest BCUT2D eigenvalue weighted by Gasteiger charge is -2.14. The van der Waals surface area contributed by atoms with Gasteiger partial charge in [0.1, 0.15) is 0 Å². The Morgan fingerprint density at radius 2 is 1.73 bits per heavy atom. The number of rotatable bonds is 5. The second kappa shape index (κ2) is 12.6. The van der Waals surface area contributed by atoms with Gasteiger partial charge in [-0.05, 0) is 26.4 Å². The van der Waals surface area contributed by atoms with Crippen molar-refractivity contribution in [1.82, 2.24) is 10.6 Å². The average molecular weight is 160 g/mol. The molecule has 0 aromatic carbocycles. The van der Waals surface area contributed by atoms with Crippen molar-refractivity contribution in [1.29, 1.82) is 0 Å². The highest BCUT2D eigenvalue weighted by molar-refractivity contribution is 4.57. The second-order valence-electron chi connectivity index (χ2n) is 2.20. The van der Waals surface area contributed by atoms with Crippen molar-refractivity contribution in [3.8, 4) is 0 Å². The molecule has 0 aromatic heterocycles. The van der Waals surface area contributed by atoms with Crippen molar-refractivity contribution in [2.24, 2.45) is 0 Å². The van der Waals surface area contributed by atoms with Crippen molar-refractivity contribution in [2.45, 2.75) is 46.7 Å². The van der Waals surface area contributed by atoms with E-state index in [9.17, 15) is 0 Å². The van der Waals surface area contributed by atoms with Crippen LogP contribution in [0.3, 0.4) is 0 Å². The molecule has 0 spiro atoms. The molecule has 0 aliphatic carbocycles. The number of hydrogen-bond donors (Lipinski definition) is 2. The molecule has 0 aromatic rings. The summed E-state index contributed by atoms with van der Waals surface area (Å²) in [7, 11) is 1.98. The summed E-state index contributed by atoms with van der Waals surface area (Å²) in [5, 5.41) is 6.53. The molecule has 0 bridgehead atoms. The van der Waals surface area contributed by atoms with Crippen LogP contribution in [0.25, 0.3) is 0 Å². The largest absolute Gasteiger partial charge is 0.305 e. The van der Waals surface area contributed by atoms with E-state index in [4.69, 9.17) is 0 Å². The zero-order valence-electron chi connectivity index (χ0n) is 8.70. The molecule has 0 fully saturated rings. The molecule has 0 aliphatic heterocycles. The van der Waals surface area contributed by atoms with Gasteiger partial charge in [-0.3, -0.25) is 0 Å². The first-order valence-corrected chi connectivity index (χ1v) is 4.75. The molecule has 11 heavy (non-hydrogen) atoms. The van der Waals surface area contributed by atoms with Crippen LogP contribution in [-0.2, 0) is 0 Å². The van der Waals surface area contributed by atoms with Crippen molar-refractivity contribution < 1.29 is 0 Å².